The van der Waals surface area contributed by atoms with Gasteiger partial charge in [0.25, 0.3) is 0 Å². The molecule has 2 radical (unpaired) electrons. The zero-order valence-corrected chi connectivity index (χ0v) is 11.1. The summed E-state index contributed by atoms with van der Waals surface area (Å²) in [5, 5.41) is 9.14. The molecule has 15 heavy (non-hydrogen) atoms. The zero-order chi connectivity index (χ0) is 10.7. The number of ether oxygens (including phenoxy) is 1. The first-order chi connectivity index (χ1) is 6.50. The lowest BCUT2D eigenvalue weighted by molar-refractivity contribution is -0.139. The molecule has 0 atom stereocenters. The van der Waals surface area contributed by atoms with E-state index in [0.717, 1.165) is 0 Å². The van der Waals surface area contributed by atoms with Gasteiger partial charge in [0.2, 0.25) is 0 Å². The normalized spacial score (nSPS) is 9.27. The van der Waals surface area contributed by atoms with Crippen LogP contribution in [0.3, 0.4) is 0 Å². The van der Waals surface area contributed by atoms with E-state index in [2.05, 4.69) is 0 Å². The summed E-state index contributed by atoms with van der Waals surface area (Å²) in [4.78, 5) is 10.2. The van der Waals surface area contributed by atoms with Gasteiger partial charge in [-0.05, 0) is 6.07 Å². The summed E-state index contributed by atoms with van der Waals surface area (Å²) in [6, 6.07) is 2.76. The summed E-state index contributed by atoms with van der Waals surface area (Å²) in [6.07, 6.45) is 0. The third kappa shape index (κ3) is 4.65. The Bertz CT molecular complexity index is 370. The Kier molecular flexibility index (Phi) is 6.71. The van der Waals surface area contributed by atoms with E-state index in [-0.39, 0.29) is 38.8 Å². The summed E-state index contributed by atoms with van der Waals surface area (Å²) in [5.41, 5.74) is 0. The van der Waals surface area contributed by atoms with E-state index in [0.29, 0.717) is 5.02 Å². The molecular formula is C8H5Cl3MgO3. The third-order valence-corrected chi connectivity index (χ3v) is 2.34. The number of aliphatic carboxylic acids is 1. The van der Waals surface area contributed by atoms with Crippen LogP contribution < -0.4 is 4.74 Å². The molecule has 1 aromatic rings. The van der Waals surface area contributed by atoms with Crippen LogP contribution in [-0.2, 0) is 4.79 Å². The van der Waals surface area contributed by atoms with Crippen molar-refractivity contribution in [1.29, 1.82) is 0 Å². The Labute approximate surface area is 117 Å². The van der Waals surface area contributed by atoms with E-state index in [1.165, 1.54) is 12.1 Å². The molecule has 0 saturated heterocycles. The molecule has 3 nitrogen and oxygen atoms in total. The molecule has 7 heteroatoms. The van der Waals surface area contributed by atoms with E-state index < -0.39 is 12.6 Å². The van der Waals surface area contributed by atoms with Gasteiger partial charge in [0.05, 0.1) is 15.1 Å². The number of hydrogen-bond acceptors (Lipinski definition) is 2. The highest BCUT2D eigenvalue weighted by Crippen LogP contribution is 2.33. The van der Waals surface area contributed by atoms with Gasteiger partial charge in [-0.25, -0.2) is 4.79 Å². The van der Waals surface area contributed by atoms with Gasteiger partial charge >= 0.3 is 5.97 Å². The maximum Gasteiger partial charge on any atom is 0.341 e. The molecule has 0 saturated carbocycles. The molecule has 0 bridgehead atoms. The second-order valence-corrected chi connectivity index (χ2v) is 3.60. The van der Waals surface area contributed by atoms with Gasteiger partial charge in [-0.1, -0.05) is 34.8 Å². The van der Waals surface area contributed by atoms with Crippen LogP contribution in [-0.4, -0.2) is 40.7 Å². The maximum absolute atomic E-state index is 10.2. The molecule has 0 fully saturated rings. The van der Waals surface area contributed by atoms with Gasteiger partial charge < -0.3 is 9.84 Å². The number of halogens is 3. The van der Waals surface area contributed by atoms with E-state index >= 15 is 0 Å². The van der Waals surface area contributed by atoms with Crippen molar-refractivity contribution < 1.29 is 14.6 Å². The maximum atomic E-state index is 10.2. The molecular weight excluding hydrogens is 275 g/mol. The first kappa shape index (κ1) is 15.1. The number of rotatable bonds is 3. The van der Waals surface area contributed by atoms with E-state index in [4.69, 9.17) is 44.6 Å². The lowest BCUT2D eigenvalue weighted by atomic mass is 10.3. The van der Waals surface area contributed by atoms with Crippen molar-refractivity contribution >= 4 is 63.8 Å². The highest BCUT2D eigenvalue weighted by Gasteiger charge is 2.08. The van der Waals surface area contributed by atoms with E-state index in [1.807, 2.05) is 0 Å². The van der Waals surface area contributed by atoms with Gasteiger partial charge in [0.1, 0.15) is 5.75 Å². The molecule has 0 amide bonds. The van der Waals surface area contributed by atoms with Crippen molar-refractivity contribution in [3.63, 3.8) is 0 Å². The minimum absolute atomic E-state index is 0. The number of benzene rings is 1. The lowest BCUT2D eigenvalue weighted by Crippen LogP contribution is -2.09. The number of carboxylic acid groups (broad SMARTS) is 1. The predicted octanol–water partition coefficient (Wildman–Crippen LogP) is 2.73. The van der Waals surface area contributed by atoms with Crippen molar-refractivity contribution in [1.82, 2.24) is 0 Å². The standard InChI is InChI=1S/C8H5Cl3O3.Mg/c9-4-1-6(11)7(2-5(4)10)14-3-8(12)13;/h1-2H,3H2,(H,12,13);. The van der Waals surface area contributed by atoms with E-state index in [1.54, 1.807) is 0 Å². The molecule has 0 aromatic heterocycles. The first-order valence-corrected chi connectivity index (χ1v) is 4.63. The average molecular weight is 280 g/mol. The first-order valence-electron chi connectivity index (χ1n) is 3.50. The summed E-state index contributed by atoms with van der Waals surface area (Å²) < 4.78 is 4.86. The average Bonchev–Trinajstić information content (AvgIpc) is 2.09. The largest absolute Gasteiger partial charge is 0.480 e. The smallest absolute Gasteiger partial charge is 0.341 e. The molecule has 1 rings (SSSR count). The Morgan fingerprint density at radius 3 is 2.27 bits per heavy atom. The molecule has 0 unspecified atom stereocenters. The topological polar surface area (TPSA) is 46.5 Å². The summed E-state index contributed by atoms with van der Waals surface area (Å²) in [5.74, 6) is -0.893. The predicted molar refractivity (Wildman–Crippen MR) is 60.4 cm³/mol. The molecule has 1 aromatic carbocycles. The van der Waals surface area contributed by atoms with Crippen LogP contribution >= 0.6 is 34.8 Å². The highest BCUT2D eigenvalue weighted by molar-refractivity contribution is 6.43. The fourth-order valence-electron chi connectivity index (χ4n) is 0.754. The Hall–Kier alpha value is 0.126. The van der Waals surface area contributed by atoms with Gasteiger partial charge in [0.15, 0.2) is 6.61 Å². The molecule has 0 heterocycles. The van der Waals surface area contributed by atoms with Crippen LogP contribution in [0, 0.1) is 0 Å². The number of hydrogen-bond donors (Lipinski definition) is 1. The summed E-state index contributed by atoms with van der Waals surface area (Å²) >= 11 is 17.1. The third-order valence-electron chi connectivity index (χ3n) is 1.33. The lowest BCUT2D eigenvalue weighted by Gasteiger charge is -2.06. The van der Waals surface area contributed by atoms with Crippen molar-refractivity contribution in [3.8, 4) is 5.75 Å². The second kappa shape index (κ2) is 6.65. The van der Waals surface area contributed by atoms with Crippen LogP contribution in [0.4, 0.5) is 0 Å². The highest BCUT2D eigenvalue weighted by atomic mass is 35.5. The van der Waals surface area contributed by atoms with Crippen LogP contribution in [0.5, 0.6) is 5.75 Å². The molecule has 78 valence electrons. The zero-order valence-electron chi connectivity index (χ0n) is 7.47. The fourth-order valence-corrected chi connectivity index (χ4v) is 1.35. The molecule has 0 aliphatic heterocycles. The quantitative estimate of drug-likeness (QED) is 0.684. The molecule has 0 aliphatic rings. The van der Waals surface area contributed by atoms with Crippen LogP contribution in [0.15, 0.2) is 12.1 Å². The molecule has 1 N–H and O–H groups in total. The van der Waals surface area contributed by atoms with Crippen molar-refractivity contribution in [2.45, 2.75) is 0 Å². The molecule has 0 aliphatic carbocycles. The summed E-state index contributed by atoms with van der Waals surface area (Å²) in [7, 11) is 0. The van der Waals surface area contributed by atoms with Gasteiger partial charge in [0, 0.05) is 29.1 Å². The van der Waals surface area contributed by atoms with Crippen molar-refractivity contribution in [2.24, 2.45) is 0 Å². The van der Waals surface area contributed by atoms with Gasteiger partial charge in [-0.2, -0.15) is 0 Å². The minimum Gasteiger partial charge on any atom is -0.480 e. The van der Waals surface area contributed by atoms with Gasteiger partial charge in [-0.15, -0.1) is 0 Å². The van der Waals surface area contributed by atoms with E-state index in [9.17, 15) is 4.79 Å². The number of carbonyl (C=O) groups is 1. The Balaban J connectivity index is 0.00000196. The van der Waals surface area contributed by atoms with Crippen molar-refractivity contribution in [2.75, 3.05) is 6.61 Å². The monoisotopic (exact) mass is 278 g/mol. The van der Waals surface area contributed by atoms with Crippen LogP contribution in [0.25, 0.3) is 0 Å². The number of carboxylic acids is 1. The summed E-state index contributed by atoms with van der Waals surface area (Å²) in [6.45, 7) is -0.475. The van der Waals surface area contributed by atoms with Crippen LogP contribution in [0.1, 0.15) is 0 Å². The fraction of sp³-hybridized carbons (Fsp3) is 0.125. The van der Waals surface area contributed by atoms with Gasteiger partial charge in [-0.3, -0.25) is 0 Å². The minimum atomic E-state index is -1.09. The molecule has 0 spiro atoms. The van der Waals surface area contributed by atoms with Crippen LogP contribution in [0.2, 0.25) is 15.1 Å². The SMILES string of the molecule is O=C(O)COc1cc(Cl)c(Cl)cc1Cl.[Mg]. The Morgan fingerprint density at radius 1 is 1.20 bits per heavy atom. The second-order valence-electron chi connectivity index (χ2n) is 2.38. The van der Waals surface area contributed by atoms with Crippen molar-refractivity contribution in [3.05, 3.63) is 27.2 Å². The Morgan fingerprint density at radius 2 is 1.73 bits per heavy atom.